The van der Waals surface area contributed by atoms with Gasteiger partial charge in [-0.15, -0.1) is 0 Å². The van der Waals surface area contributed by atoms with Crippen LogP contribution in [0.3, 0.4) is 0 Å². The molecule has 72 valence electrons. The molecule has 0 bridgehead atoms. The Balaban J connectivity index is 2.78. The van der Waals surface area contributed by atoms with Crippen molar-refractivity contribution in [3.05, 3.63) is 35.6 Å². The van der Waals surface area contributed by atoms with Crippen LogP contribution in [-0.4, -0.2) is 12.0 Å². The minimum absolute atomic E-state index is 0.210. The van der Waals surface area contributed by atoms with Gasteiger partial charge in [0.1, 0.15) is 11.6 Å². The van der Waals surface area contributed by atoms with Crippen molar-refractivity contribution in [2.45, 2.75) is 6.92 Å². The molecule has 0 aliphatic rings. The normalized spacial score (nSPS) is 10.5. The van der Waals surface area contributed by atoms with Gasteiger partial charge >= 0.3 is 0 Å². The third-order valence-electron chi connectivity index (χ3n) is 2.31. The summed E-state index contributed by atoms with van der Waals surface area (Å²) in [6, 6.07) is 7.02. The molecular formula is C11H11FN2. The third kappa shape index (κ3) is 1.31. The first kappa shape index (κ1) is 8.94. The van der Waals surface area contributed by atoms with E-state index in [1.807, 2.05) is 12.1 Å². The quantitative estimate of drug-likeness (QED) is 0.747. The van der Waals surface area contributed by atoms with Gasteiger partial charge in [-0.3, -0.25) is 0 Å². The first-order chi connectivity index (χ1) is 6.72. The molecule has 0 saturated carbocycles. The molecular weight excluding hydrogens is 179 g/mol. The number of nitrogens with one attached hydrogen (secondary N) is 1. The Kier molecular flexibility index (Phi) is 2.08. The summed E-state index contributed by atoms with van der Waals surface area (Å²) in [5, 5.41) is 3.89. The Morgan fingerprint density at radius 2 is 1.93 bits per heavy atom. The standard InChI is InChI=1S/C11H11FN2/c1-7-9(12)5-3-8-4-6-10(13-2)14-11(7)8/h3-6H,1-2H3,(H,13,14). The van der Waals surface area contributed by atoms with Gasteiger partial charge in [0, 0.05) is 18.0 Å². The molecule has 1 heterocycles. The zero-order chi connectivity index (χ0) is 10.1. The van der Waals surface area contributed by atoms with Crippen molar-refractivity contribution < 1.29 is 4.39 Å². The second-order valence-electron chi connectivity index (χ2n) is 3.19. The maximum Gasteiger partial charge on any atom is 0.128 e. The third-order valence-corrected chi connectivity index (χ3v) is 2.31. The maximum atomic E-state index is 13.2. The number of aromatic nitrogens is 1. The van der Waals surface area contributed by atoms with E-state index in [0.29, 0.717) is 5.56 Å². The average molecular weight is 190 g/mol. The van der Waals surface area contributed by atoms with Crippen LogP contribution in [0.4, 0.5) is 10.2 Å². The zero-order valence-corrected chi connectivity index (χ0v) is 8.13. The van der Waals surface area contributed by atoms with Crippen LogP contribution in [0, 0.1) is 12.7 Å². The molecule has 1 aromatic heterocycles. The number of pyridine rings is 1. The van der Waals surface area contributed by atoms with Crippen molar-refractivity contribution in [3.63, 3.8) is 0 Å². The fraction of sp³-hybridized carbons (Fsp3) is 0.182. The SMILES string of the molecule is CNc1ccc2ccc(F)c(C)c2n1. The summed E-state index contributed by atoms with van der Waals surface area (Å²) in [5.74, 6) is 0.546. The lowest BCUT2D eigenvalue weighted by atomic mass is 10.1. The van der Waals surface area contributed by atoms with E-state index >= 15 is 0 Å². The summed E-state index contributed by atoms with van der Waals surface area (Å²) < 4.78 is 13.2. The minimum Gasteiger partial charge on any atom is -0.373 e. The van der Waals surface area contributed by atoms with Crippen LogP contribution in [0.5, 0.6) is 0 Å². The van der Waals surface area contributed by atoms with Crippen LogP contribution in [0.25, 0.3) is 10.9 Å². The molecule has 0 radical (unpaired) electrons. The Bertz CT molecular complexity index is 480. The molecule has 1 N–H and O–H groups in total. The summed E-state index contributed by atoms with van der Waals surface area (Å²) in [4.78, 5) is 4.30. The fourth-order valence-electron chi connectivity index (χ4n) is 1.45. The van der Waals surface area contributed by atoms with Crippen molar-refractivity contribution in [2.75, 3.05) is 12.4 Å². The smallest absolute Gasteiger partial charge is 0.128 e. The van der Waals surface area contributed by atoms with Gasteiger partial charge in [0.2, 0.25) is 0 Å². The van der Waals surface area contributed by atoms with Crippen LogP contribution in [0.2, 0.25) is 0 Å². The van der Waals surface area contributed by atoms with Gasteiger partial charge in [0.25, 0.3) is 0 Å². The molecule has 2 rings (SSSR count). The molecule has 14 heavy (non-hydrogen) atoms. The average Bonchev–Trinajstić information content (AvgIpc) is 2.23. The van der Waals surface area contributed by atoms with E-state index in [-0.39, 0.29) is 5.82 Å². The second-order valence-corrected chi connectivity index (χ2v) is 3.19. The highest BCUT2D eigenvalue weighted by Crippen LogP contribution is 2.20. The van der Waals surface area contributed by atoms with Gasteiger partial charge in [0.05, 0.1) is 5.52 Å². The number of anilines is 1. The molecule has 3 heteroatoms. The summed E-state index contributed by atoms with van der Waals surface area (Å²) in [6.07, 6.45) is 0. The van der Waals surface area contributed by atoms with Crippen molar-refractivity contribution in [1.29, 1.82) is 0 Å². The number of aryl methyl sites for hydroxylation is 1. The molecule has 2 nitrogen and oxygen atoms in total. The van der Waals surface area contributed by atoms with E-state index in [4.69, 9.17) is 0 Å². The Morgan fingerprint density at radius 3 is 2.64 bits per heavy atom. The molecule has 0 amide bonds. The molecule has 0 unspecified atom stereocenters. The number of hydrogen-bond acceptors (Lipinski definition) is 2. The molecule has 0 aliphatic carbocycles. The first-order valence-corrected chi connectivity index (χ1v) is 4.46. The Labute approximate surface area is 81.8 Å². The van der Waals surface area contributed by atoms with Crippen molar-refractivity contribution in [2.24, 2.45) is 0 Å². The monoisotopic (exact) mass is 190 g/mol. The highest BCUT2D eigenvalue weighted by molar-refractivity contribution is 5.83. The Morgan fingerprint density at radius 1 is 1.21 bits per heavy atom. The predicted molar refractivity (Wildman–Crippen MR) is 56.0 cm³/mol. The molecule has 1 aromatic carbocycles. The number of benzene rings is 1. The highest BCUT2D eigenvalue weighted by atomic mass is 19.1. The summed E-state index contributed by atoms with van der Waals surface area (Å²) in [7, 11) is 1.79. The number of fused-ring (bicyclic) bond motifs is 1. The topological polar surface area (TPSA) is 24.9 Å². The van der Waals surface area contributed by atoms with Crippen molar-refractivity contribution in [3.8, 4) is 0 Å². The maximum absolute atomic E-state index is 13.2. The van der Waals surface area contributed by atoms with Crippen LogP contribution >= 0.6 is 0 Å². The lowest BCUT2D eigenvalue weighted by molar-refractivity contribution is 0.620. The Hall–Kier alpha value is -1.64. The summed E-state index contributed by atoms with van der Waals surface area (Å²) >= 11 is 0. The van der Waals surface area contributed by atoms with Crippen LogP contribution in [0.1, 0.15) is 5.56 Å². The van der Waals surface area contributed by atoms with Crippen LogP contribution in [0.15, 0.2) is 24.3 Å². The van der Waals surface area contributed by atoms with Gasteiger partial charge in [-0.05, 0) is 31.2 Å². The van der Waals surface area contributed by atoms with Gasteiger partial charge < -0.3 is 5.32 Å². The summed E-state index contributed by atoms with van der Waals surface area (Å²) in [5.41, 5.74) is 1.32. The number of halogens is 1. The van der Waals surface area contributed by atoms with Crippen molar-refractivity contribution in [1.82, 2.24) is 4.98 Å². The molecule has 2 aromatic rings. The number of nitrogens with zero attached hydrogens (tertiary/aromatic N) is 1. The highest BCUT2D eigenvalue weighted by Gasteiger charge is 2.04. The number of hydrogen-bond donors (Lipinski definition) is 1. The van der Waals surface area contributed by atoms with Crippen LogP contribution in [-0.2, 0) is 0 Å². The molecule has 0 atom stereocenters. The summed E-state index contributed by atoms with van der Waals surface area (Å²) in [6.45, 7) is 1.74. The molecule has 0 fully saturated rings. The van der Waals surface area contributed by atoms with Crippen molar-refractivity contribution >= 4 is 16.7 Å². The second kappa shape index (κ2) is 3.25. The largest absolute Gasteiger partial charge is 0.373 e. The molecule has 0 saturated heterocycles. The fourth-order valence-corrected chi connectivity index (χ4v) is 1.45. The number of rotatable bonds is 1. The van der Waals surface area contributed by atoms with E-state index in [1.54, 1.807) is 20.0 Å². The van der Waals surface area contributed by atoms with E-state index < -0.39 is 0 Å². The van der Waals surface area contributed by atoms with E-state index in [1.165, 1.54) is 6.07 Å². The molecule has 0 aliphatic heterocycles. The van der Waals surface area contributed by atoms with E-state index in [0.717, 1.165) is 16.7 Å². The van der Waals surface area contributed by atoms with E-state index in [2.05, 4.69) is 10.3 Å². The lowest BCUT2D eigenvalue weighted by Crippen LogP contribution is -1.94. The zero-order valence-electron chi connectivity index (χ0n) is 8.13. The first-order valence-electron chi connectivity index (χ1n) is 4.46. The molecule has 0 spiro atoms. The minimum atomic E-state index is -0.210. The van der Waals surface area contributed by atoms with Crippen LogP contribution < -0.4 is 5.32 Å². The van der Waals surface area contributed by atoms with Gasteiger partial charge in [-0.25, -0.2) is 9.37 Å². The van der Waals surface area contributed by atoms with Gasteiger partial charge in [-0.1, -0.05) is 0 Å². The lowest BCUT2D eigenvalue weighted by Gasteiger charge is -2.04. The predicted octanol–water partition coefficient (Wildman–Crippen LogP) is 2.72. The van der Waals surface area contributed by atoms with E-state index in [9.17, 15) is 4.39 Å². The van der Waals surface area contributed by atoms with Gasteiger partial charge in [-0.2, -0.15) is 0 Å². The van der Waals surface area contributed by atoms with Gasteiger partial charge in [0.15, 0.2) is 0 Å².